The van der Waals surface area contributed by atoms with Crippen molar-refractivity contribution in [2.45, 2.75) is 19.8 Å². The van der Waals surface area contributed by atoms with Gasteiger partial charge in [-0.1, -0.05) is 52.3 Å². The summed E-state index contributed by atoms with van der Waals surface area (Å²) in [4.78, 5) is 0. The average molecular weight is 359 g/mol. The summed E-state index contributed by atoms with van der Waals surface area (Å²) in [6, 6.07) is 16.8. The molecule has 0 saturated heterocycles. The highest BCUT2D eigenvalue weighted by Gasteiger charge is 2.35. The maximum Gasteiger partial charge on any atom is 0.165 e. The Labute approximate surface area is 139 Å². The number of hydrogen-bond donors (Lipinski definition) is 0. The summed E-state index contributed by atoms with van der Waals surface area (Å²) in [5.41, 5.74) is 3.60. The Balaban J connectivity index is 2.15. The van der Waals surface area contributed by atoms with Gasteiger partial charge in [0.05, 0.1) is 19.1 Å². The van der Waals surface area contributed by atoms with E-state index in [-0.39, 0.29) is 5.92 Å². The van der Waals surface area contributed by atoms with E-state index in [0.29, 0.717) is 13.2 Å². The SMILES string of the molecule is CCOC1=C(OCC)C(c2ccc(Br)cc2)c2ccccc21. The fraction of sp³-hybridized carbons (Fsp3) is 0.263. The van der Waals surface area contributed by atoms with Crippen LogP contribution in [0.3, 0.4) is 0 Å². The summed E-state index contributed by atoms with van der Waals surface area (Å²) >= 11 is 3.50. The summed E-state index contributed by atoms with van der Waals surface area (Å²) in [6.45, 7) is 5.28. The lowest BCUT2D eigenvalue weighted by Gasteiger charge is -2.17. The summed E-state index contributed by atoms with van der Waals surface area (Å²) in [5.74, 6) is 1.91. The van der Waals surface area contributed by atoms with Gasteiger partial charge >= 0.3 is 0 Å². The summed E-state index contributed by atoms with van der Waals surface area (Å²) in [7, 11) is 0. The molecule has 1 aliphatic carbocycles. The van der Waals surface area contributed by atoms with Crippen molar-refractivity contribution in [3.63, 3.8) is 0 Å². The minimum absolute atomic E-state index is 0.103. The van der Waals surface area contributed by atoms with Crippen LogP contribution >= 0.6 is 15.9 Å². The normalized spacial score (nSPS) is 16.6. The Morgan fingerprint density at radius 3 is 2.27 bits per heavy atom. The van der Waals surface area contributed by atoms with Crippen LogP contribution in [0.25, 0.3) is 5.76 Å². The molecule has 1 aliphatic rings. The Morgan fingerprint density at radius 2 is 1.59 bits per heavy atom. The van der Waals surface area contributed by atoms with Crippen LogP contribution in [0.1, 0.15) is 36.5 Å². The lowest BCUT2D eigenvalue weighted by molar-refractivity contribution is 0.199. The van der Waals surface area contributed by atoms with Gasteiger partial charge < -0.3 is 9.47 Å². The van der Waals surface area contributed by atoms with Crippen molar-refractivity contribution in [1.82, 2.24) is 0 Å². The molecule has 0 aromatic heterocycles. The van der Waals surface area contributed by atoms with Crippen molar-refractivity contribution in [1.29, 1.82) is 0 Å². The zero-order valence-corrected chi connectivity index (χ0v) is 14.4. The van der Waals surface area contributed by atoms with Gasteiger partial charge in [-0.25, -0.2) is 0 Å². The monoisotopic (exact) mass is 358 g/mol. The van der Waals surface area contributed by atoms with E-state index in [4.69, 9.17) is 9.47 Å². The molecule has 3 heteroatoms. The molecule has 0 spiro atoms. The largest absolute Gasteiger partial charge is 0.493 e. The molecule has 1 unspecified atom stereocenters. The van der Waals surface area contributed by atoms with Crippen LogP contribution in [-0.4, -0.2) is 13.2 Å². The zero-order chi connectivity index (χ0) is 15.5. The minimum atomic E-state index is 0.103. The third kappa shape index (κ3) is 2.66. The van der Waals surface area contributed by atoms with E-state index in [1.165, 1.54) is 11.1 Å². The second kappa shape index (κ2) is 6.57. The van der Waals surface area contributed by atoms with Crippen molar-refractivity contribution in [2.24, 2.45) is 0 Å². The van der Waals surface area contributed by atoms with E-state index in [0.717, 1.165) is 21.6 Å². The van der Waals surface area contributed by atoms with Gasteiger partial charge in [0.1, 0.15) is 0 Å². The molecule has 0 aliphatic heterocycles. The van der Waals surface area contributed by atoms with Crippen LogP contribution in [0.15, 0.2) is 58.8 Å². The number of benzene rings is 2. The standard InChI is InChI=1S/C19H19BrO2/c1-3-21-18-16-8-6-5-7-15(16)17(19(18)22-4-2)13-9-11-14(20)12-10-13/h5-12,17H,3-4H2,1-2H3. The highest BCUT2D eigenvalue weighted by atomic mass is 79.9. The van der Waals surface area contributed by atoms with E-state index < -0.39 is 0 Å². The number of fused-ring (bicyclic) bond motifs is 1. The molecule has 2 aromatic rings. The van der Waals surface area contributed by atoms with Gasteiger partial charge in [0.15, 0.2) is 11.5 Å². The molecule has 114 valence electrons. The van der Waals surface area contributed by atoms with Crippen LogP contribution in [0.4, 0.5) is 0 Å². The molecule has 0 N–H and O–H groups in total. The van der Waals surface area contributed by atoms with Crippen LogP contribution in [0, 0.1) is 0 Å². The number of halogens is 1. The maximum atomic E-state index is 5.99. The fourth-order valence-electron chi connectivity index (χ4n) is 2.94. The first-order valence-electron chi connectivity index (χ1n) is 7.60. The van der Waals surface area contributed by atoms with Crippen molar-refractivity contribution in [3.05, 3.63) is 75.5 Å². The lowest BCUT2D eigenvalue weighted by atomic mass is 9.92. The first kappa shape index (κ1) is 15.2. The molecule has 0 saturated carbocycles. The predicted molar refractivity (Wildman–Crippen MR) is 92.6 cm³/mol. The van der Waals surface area contributed by atoms with Crippen molar-refractivity contribution < 1.29 is 9.47 Å². The molecule has 0 bridgehead atoms. The second-order valence-corrected chi connectivity index (χ2v) is 6.05. The number of allylic oxidation sites excluding steroid dienone is 1. The minimum Gasteiger partial charge on any atom is -0.493 e. The van der Waals surface area contributed by atoms with E-state index in [1.54, 1.807) is 0 Å². The van der Waals surface area contributed by atoms with Crippen LogP contribution in [0.2, 0.25) is 0 Å². The Hall–Kier alpha value is -1.74. The second-order valence-electron chi connectivity index (χ2n) is 5.13. The van der Waals surface area contributed by atoms with Gasteiger partial charge in [-0.2, -0.15) is 0 Å². The van der Waals surface area contributed by atoms with Crippen molar-refractivity contribution in [2.75, 3.05) is 13.2 Å². The van der Waals surface area contributed by atoms with Gasteiger partial charge in [0.25, 0.3) is 0 Å². The Morgan fingerprint density at radius 1 is 0.909 bits per heavy atom. The van der Waals surface area contributed by atoms with Crippen LogP contribution in [-0.2, 0) is 9.47 Å². The molecule has 2 nitrogen and oxygen atoms in total. The third-order valence-electron chi connectivity index (χ3n) is 3.79. The highest BCUT2D eigenvalue weighted by Crippen LogP contribution is 2.46. The predicted octanol–water partition coefficient (Wildman–Crippen LogP) is 5.34. The first-order chi connectivity index (χ1) is 10.8. The average Bonchev–Trinajstić information content (AvgIpc) is 2.83. The van der Waals surface area contributed by atoms with E-state index in [9.17, 15) is 0 Å². The van der Waals surface area contributed by atoms with Crippen LogP contribution < -0.4 is 0 Å². The topological polar surface area (TPSA) is 18.5 Å². The van der Waals surface area contributed by atoms with Gasteiger partial charge in [-0.05, 0) is 37.1 Å². The smallest absolute Gasteiger partial charge is 0.165 e. The molecule has 22 heavy (non-hydrogen) atoms. The van der Waals surface area contributed by atoms with Gasteiger partial charge in [0, 0.05) is 10.0 Å². The Bertz CT molecular complexity index is 689. The van der Waals surface area contributed by atoms with Crippen molar-refractivity contribution in [3.8, 4) is 0 Å². The maximum absolute atomic E-state index is 5.99. The van der Waals surface area contributed by atoms with E-state index >= 15 is 0 Å². The molecule has 0 radical (unpaired) electrons. The first-order valence-corrected chi connectivity index (χ1v) is 8.40. The molecule has 2 aromatic carbocycles. The van der Waals surface area contributed by atoms with Crippen LogP contribution in [0.5, 0.6) is 0 Å². The summed E-state index contributed by atoms with van der Waals surface area (Å²) in [5, 5.41) is 0. The van der Waals surface area contributed by atoms with Crippen molar-refractivity contribution >= 4 is 21.7 Å². The number of rotatable bonds is 5. The molecule has 1 atom stereocenters. The number of ether oxygens (including phenoxy) is 2. The highest BCUT2D eigenvalue weighted by molar-refractivity contribution is 9.10. The molecule has 3 rings (SSSR count). The third-order valence-corrected chi connectivity index (χ3v) is 4.32. The van der Waals surface area contributed by atoms with E-state index in [2.05, 4.69) is 58.4 Å². The molecular weight excluding hydrogens is 340 g/mol. The Kier molecular flexibility index (Phi) is 4.53. The fourth-order valence-corrected chi connectivity index (χ4v) is 3.21. The van der Waals surface area contributed by atoms with Gasteiger partial charge in [-0.3, -0.25) is 0 Å². The quantitative estimate of drug-likeness (QED) is 0.718. The molecule has 0 heterocycles. The summed E-state index contributed by atoms with van der Waals surface area (Å²) < 4.78 is 13.0. The lowest BCUT2D eigenvalue weighted by Crippen LogP contribution is -2.05. The zero-order valence-electron chi connectivity index (χ0n) is 12.8. The van der Waals surface area contributed by atoms with Gasteiger partial charge in [0.2, 0.25) is 0 Å². The molecule has 0 amide bonds. The molecular formula is C19H19BrO2. The summed E-state index contributed by atoms with van der Waals surface area (Å²) in [6.07, 6.45) is 0. The molecule has 0 fully saturated rings. The van der Waals surface area contributed by atoms with Gasteiger partial charge in [-0.15, -0.1) is 0 Å². The van der Waals surface area contributed by atoms with E-state index in [1.807, 2.05) is 19.9 Å². The number of hydrogen-bond acceptors (Lipinski definition) is 2.